The maximum atomic E-state index is 15.9. The molecule has 7 heteroatoms. The Morgan fingerprint density at radius 3 is 1.72 bits per heavy atom. The molecule has 5 heterocycles. The first-order valence-electron chi connectivity index (χ1n) is 17.5. The van der Waals surface area contributed by atoms with Crippen molar-refractivity contribution in [2.45, 2.75) is 18.5 Å². The summed E-state index contributed by atoms with van der Waals surface area (Å²) in [5.41, 5.74) is 6.26. The predicted molar refractivity (Wildman–Crippen MR) is 205 cm³/mol. The molecule has 0 amide bonds. The topological polar surface area (TPSA) is 59.7 Å². The van der Waals surface area contributed by atoms with Gasteiger partial charge in [-0.3, -0.25) is 0 Å². The Hall–Kier alpha value is -6.60. The van der Waals surface area contributed by atoms with Crippen LogP contribution in [-0.4, -0.2) is 20.7 Å². The Morgan fingerprint density at radius 1 is 0.566 bits per heavy atom. The number of H-pyrrole nitrogens is 3. The number of aromatic nitrogens is 3. The summed E-state index contributed by atoms with van der Waals surface area (Å²) >= 11 is 0. The minimum absolute atomic E-state index is 0.0142. The zero-order chi connectivity index (χ0) is 36.2. The SMILES string of the molecule is C[C@]1(c2ccccc2)c2ccc([nH]2)/C(c2ccccc2)=C2/C=CC(=N2)/C(c2ccccc2)=c2/cc/c([nH]2)=C(\c2ccccc2)c2[nH]cc1c2C(F)(F)F. The molecule has 1 atom stereocenters. The van der Waals surface area contributed by atoms with Crippen LogP contribution in [-0.2, 0) is 11.6 Å². The van der Waals surface area contributed by atoms with Crippen LogP contribution in [0.15, 0.2) is 175 Å². The summed E-state index contributed by atoms with van der Waals surface area (Å²) in [6.45, 7) is 1.86. The van der Waals surface area contributed by atoms with Crippen LogP contribution < -0.4 is 10.7 Å². The highest BCUT2D eigenvalue weighted by Gasteiger charge is 2.46. The number of aliphatic imine (C=N–C) groups is 1. The number of fused-ring (bicyclic) bond motifs is 7. The van der Waals surface area contributed by atoms with Crippen LogP contribution in [0.2, 0.25) is 0 Å². The fourth-order valence-electron chi connectivity index (χ4n) is 7.83. The van der Waals surface area contributed by atoms with Crippen molar-refractivity contribution < 1.29 is 13.2 Å². The largest absolute Gasteiger partial charge is 0.418 e. The van der Waals surface area contributed by atoms with Gasteiger partial charge in [-0.1, -0.05) is 121 Å². The van der Waals surface area contributed by atoms with Crippen molar-refractivity contribution in [3.63, 3.8) is 0 Å². The maximum absolute atomic E-state index is 15.9. The minimum Gasteiger partial charge on any atom is -0.360 e. The average molecular weight is 699 g/mol. The van der Waals surface area contributed by atoms with E-state index in [1.807, 2.05) is 165 Å². The highest BCUT2D eigenvalue weighted by molar-refractivity contribution is 6.30. The van der Waals surface area contributed by atoms with Crippen LogP contribution in [0.3, 0.4) is 0 Å². The quantitative estimate of drug-likeness (QED) is 0.164. The molecule has 8 bridgehead atoms. The van der Waals surface area contributed by atoms with E-state index in [4.69, 9.17) is 4.99 Å². The second-order valence-corrected chi connectivity index (χ2v) is 13.5. The number of benzene rings is 4. The van der Waals surface area contributed by atoms with E-state index in [0.717, 1.165) is 44.7 Å². The zero-order valence-corrected chi connectivity index (χ0v) is 28.7. The number of hydrogen-bond donors (Lipinski definition) is 3. The fraction of sp³-hybridized carbons (Fsp3) is 0.0652. The van der Waals surface area contributed by atoms with Gasteiger partial charge in [0.2, 0.25) is 0 Å². The van der Waals surface area contributed by atoms with E-state index in [1.54, 1.807) is 0 Å². The number of aromatic amines is 3. The highest BCUT2D eigenvalue weighted by Crippen LogP contribution is 2.48. The van der Waals surface area contributed by atoms with E-state index in [9.17, 15) is 0 Å². The van der Waals surface area contributed by atoms with E-state index < -0.39 is 17.2 Å². The van der Waals surface area contributed by atoms with Gasteiger partial charge >= 0.3 is 6.18 Å². The third kappa shape index (κ3) is 5.44. The Kier molecular flexibility index (Phi) is 7.66. The molecule has 258 valence electrons. The lowest BCUT2D eigenvalue weighted by Gasteiger charge is -2.31. The third-order valence-corrected chi connectivity index (χ3v) is 10.4. The average Bonchev–Trinajstić information content (AvgIpc) is 4.02. The van der Waals surface area contributed by atoms with Crippen LogP contribution in [0.4, 0.5) is 13.2 Å². The van der Waals surface area contributed by atoms with Crippen molar-refractivity contribution in [3.8, 4) is 0 Å². The van der Waals surface area contributed by atoms with Crippen molar-refractivity contribution >= 4 is 22.4 Å². The summed E-state index contributed by atoms with van der Waals surface area (Å²) in [5.74, 6) is 0. The normalized spacial score (nSPS) is 20.4. The number of halogens is 3. The molecule has 4 aromatic carbocycles. The molecule has 3 N–H and O–H groups in total. The molecule has 0 saturated heterocycles. The summed E-state index contributed by atoms with van der Waals surface area (Å²) in [7, 11) is 0. The van der Waals surface area contributed by atoms with Crippen LogP contribution >= 0.6 is 0 Å². The molecular weight excluding hydrogens is 666 g/mol. The molecule has 0 unspecified atom stereocenters. The van der Waals surface area contributed by atoms with Crippen LogP contribution in [0.5, 0.6) is 0 Å². The van der Waals surface area contributed by atoms with E-state index in [0.29, 0.717) is 27.7 Å². The van der Waals surface area contributed by atoms with Crippen LogP contribution in [0, 0.1) is 0 Å². The molecule has 0 fully saturated rings. The van der Waals surface area contributed by atoms with E-state index in [-0.39, 0.29) is 11.3 Å². The summed E-state index contributed by atoms with van der Waals surface area (Å²) in [5, 5.41) is 1.27. The number of nitrogens with one attached hydrogen (secondary N) is 3. The molecule has 9 rings (SSSR count). The van der Waals surface area contributed by atoms with Gasteiger partial charge in [0.15, 0.2) is 0 Å². The molecule has 0 saturated carbocycles. The summed E-state index contributed by atoms with van der Waals surface area (Å²) in [6.07, 6.45) is 0.843. The van der Waals surface area contributed by atoms with Gasteiger partial charge in [0.05, 0.1) is 28.1 Å². The first-order chi connectivity index (χ1) is 25.8. The number of hydrogen-bond acceptors (Lipinski definition) is 1. The Balaban J connectivity index is 1.48. The van der Waals surface area contributed by atoms with E-state index in [1.165, 1.54) is 6.20 Å². The van der Waals surface area contributed by atoms with E-state index in [2.05, 4.69) is 15.0 Å². The standard InChI is InChI=1S/C46H33F3N4/c1-45(32-20-12-5-13-21-32)33-28-50-44(43(33)46(47,48)49)42(31-18-10-4-11-19-31)38-25-24-35(52-38)40(29-14-6-2-7-15-29)34-22-23-36(51-34)41(30-16-8-3-9-17-30)37-26-27-39(45)53-37/h2-28,50,52-53H,1H3/b40-35-,41-36-,42-38-/t45-/m1/s1. The van der Waals surface area contributed by atoms with E-state index >= 15 is 13.2 Å². The molecule has 53 heavy (non-hydrogen) atoms. The molecule has 7 aromatic rings. The number of allylic oxidation sites excluding steroid dienone is 2. The van der Waals surface area contributed by atoms with Gasteiger partial charge in [0, 0.05) is 45.0 Å². The predicted octanol–water partition coefficient (Wildman–Crippen LogP) is 9.27. The highest BCUT2D eigenvalue weighted by atomic mass is 19.4. The molecule has 3 aromatic heterocycles. The number of nitrogens with zero attached hydrogens (tertiary/aromatic N) is 1. The number of rotatable bonds is 4. The molecule has 0 aliphatic carbocycles. The van der Waals surface area contributed by atoms with Crippen LogP contribution in [0.25, 0.3) is 16.7 Å². The lowest BCUT2D eigenvalue weighted by molar-refractivity contribution is -0.138. The zero-order valence-electron chi connectivity index (χ0n) is 28.7. The molecule has 2 aliphatic heterocycles. The monoisotopic (exact) mass is 698 g/mol. The van der Waals surface area contributed by atoms with Crippen molar-refractivity contribution in [1.29, 1.82) is 0 Å². The van der Waals surface area contributed by atoms with Crippen molar-refractivity contribution in [2.75, 3.05) is 0 Å². The first-order valence-corrected chi connectivity index (χ1v) is 17.5. The first kappa shape index (κ1) is 32.3. The molecule has 4 nitrogen and oxygen atoms in total. The van der Waals surface area contributed by atoms with Gasteiger partial charge < -0.3 is 15.0 Å². The Morgan fingerprint density at radius 2 is 1.11 bits per heavy atom. The van der Waals surface area contributed by atoms with Gasteiger partial charge in [-0.05, 0) is 71.2 Å². The van der Waals surface area contributed by atoms with Gasteiger partial charge in [-0.25, -0.2) is 4.99 Å². The van der Waals surface area contributed by atoms with Gasteiger partial charge in [0.1, 0.15) is 0 Å². The third-order valence-electron chi connectivity index (χ3n) is 10.4. The lowest BCUT2D eigenvalue weighted by atomic mass is 9.72. The number of alkyl halides is 3. The van der Waals surface area contributed by atoms with Gasteiger partial charge in [0.25, 0.3) is 0 Å². The Labute approximate surface area is 304 Å². The second-order valence-electron chi connectivity index (χ2n) is 13.5. The molecule has 0 radical (unpaired) electrons. The van der Waals surface area contributed by atoms with Gasteiger partial charge in [-0.15, -0.1) is 0 Å². The fourth-order valence-corrected chi connectivity index (χ4v) is 7.83. The molecular formula is C46H33F3N4. The lowest BCUT2D eigenvalue weighted by Crippen LogP contribution is -2.29. The minimum atomic E-state index is -4.72. The van der Waals surface area contributed by atoms with Crippen molar-refractivity contribution in [3.05, 3.63) is 231 Å². The summed E-state index contributed by atoms with van der Waals surface area (Å²) in [6, 6.07) is 46.2. The second kappa shape index (κ2) is 12.6. The van der Waals surface area contributed by atoms with Gasteiger partial charge in [-0.2, -0.15) is 13.2 Å². The molecule has 2 aliphatic rings. The Bertz CT molecular complexity index is 2690. The smallest absolute Gasteiger partial charge is 0.360 e. The van der Waals surface area contributed by atoms with Crippen LogP contribution in [0.1, 0.15) is 57.4 Å². The summed E-state index contributed by atoms with van der Waals surface area (Å²) < 4.78 is 47.7. The summed E-state index contributed by atoms with van der Waals surface area (Å²) in [4.78, 5) is 15.6. The maximum Gasteiger partial charge on any atom is 0.418 e. The molecule has 0 spiro atoms. The van der Waals surface area contributed by atoms with Crippen molar-refractivity contribution in [2.24, 2.45) is 4.99 Å². The van der Waals surface area contributed by atoms with Crippen molar-refractivity contribution in [1.82, 2.24) is 15.0 Å².